The molecule has 5 heteroatoms. The highest BCUT2D eigenvalue weighted by Gasteiger charge is 2.25. The Morgan fingerprint density at radius 2 is 2.06 bits per heavy atom. The van der Waals surface area contributed by atoms with Crippen LogP contribution in [0.3, 0.4) is 0 Å². The van der Waals surface area contributed by atoms with E-state index in [2.05, 4.69) is 16.6 Å². The fourth-order valence-corrected chi connectivity index (χ4v) is 3.31. The van der Waals surface area contributed by atoms with Gasteiger partial charge in [0.05, 0.1) is 11.6 Å². The summed E-state index contributed by atoms with van der Waals surface area (Å²) in [6, 6.07) is 0.559. The largest absolute Gasteiger partial charge is 0.309 e. The van der Waals surface area contributed by atoms with Gasteiger partial charge in [-0.25, -0.2) is 4.98 Å². The number of alkyl halides is 1. The molecule has 0 atom stereocenters. The molecule has 1 saturated carbocycles. The van der Waals surface area contributed by atoms with Crippen LogP contribution < -0.4 is 0 Å². The van der Waals surface area contributed by atoms with Gasteiger partial charge in [-0.1, -0.05) is 19.8 Å². The van der Waals surface area contributed by atoms with Gasteiger partial charge in [-0.2, -0.15) is 5.10 Å². The summed E-state index contributed by atoms with van der Waals surface area (Å²) in [5.41, 5.74) is 3.27. The van der Waals surface area contributed by atoms with E-state index in [0.717, 1.165) is 29.1 Å². The zero-order valence-electron chi connectivity index (χ0n) is 11.0. The molecule has 98 valence electrons. The van der Waals surface area contributed by atoms with E-state index in [1.807, 2.05) is 11.7 Å². The summed E-state index contributed by atoms with van der Waals surface area (Å²) in [5.74, 6) is 1.48. The molecule has 0 spiro atoms. The van der Waals surface area contributed by atoms with Gasteiger partial charge in [0.15, 0.2) is 5.65 Å². The lowest BCUT2D eigenvalue weighted by Crippen LogP contribution is -2.11. The van der Waals surface area contributed by atoms with Crippen molar-refractivity contribution in [1.29, 1.82) is 0 Å². The third-order valence-corrected chi connectivity index (χ3v) is 4.19. The molecule has 2 aromatic heterocycles. The van der Waals surface area contributed by atoms with Crippen LogP contribution in [0.4, 0.5) is 0 Å². The van der Waals surface area contributed by atoms with E-state index in [0.29, 0.717) is 11.9 Å². The van der Waals surface area contributed by atoms with Crippen LogP contribution in [0.2, 0.25) is 0 Å². The summed E-state index contributed by atoms with van der Waals surface area (Å²) in [5, 5.41) is 4.57. The molecule has 0 amide bonds. The molecule has 4 nitrogen and oxygen atoms in total. The maximum Gasteiger partial charge on any atom is 0.158 e. The first-order chi connectivity index (χ1) is 8.76. The summed E-state index contributed by atoms with van der Waals surface area (Å²) in [6.07, 6.45) is 6.01. The van der Waals surface area contributed by atoms with Crippen molar-refractivity contribution in [3.63, 3.8) is 0 Å². The molecule has 0 aliphatic heterocycles. The molecule has 0 bridgehead atoms. The van der Waals surface area contributed by atoms with Gasteiger partial charge in [0, 0.05) is 13.1 Å². The fourth-order valence-electron chi connectivity index (χ4n) is 3.13. The SMILES string of the molecule is CCc1nn(C)c2c1nc(CCl)n2C1CCCC1. The number of hydrogen-bond acceptors (Lipinski definition) is 2. The maximum atomic E-state index is 6.07. The lowest BCUT2D eigenvalue weighted by Gasteiger charge is -2.15. The van der Waals surface area contributed by atoms with Gasteiger partial charge in [0.2, 0.25) is 0 Å². The van der Waals surface area contributed by atoms with Crippen LogP contribution in [0.1, 0.15) is 50.2 Å². The predicted octanol–water partition coefficient (Wildman–Crippen LogP) is 3.19. The maximum absolute atomic E-state index is 6.07. The second-order valence-electron chi connectivity index (χ2n) is 5.07. The molecule has 1 fully saturated rings. The number of nitrogens with zero attached hydrogens (tertiary/aromatic N) is 4. The Kier molecular flexibility index (Phi) is 3.06. The van der Waals surface area contributed by atoms with E-state index in [1.165, 1.54) is 25.7 Å². The second-order valence-corrected chi connectivity index (χ2v) is 5.33. The molecule has 3 rings (SSSR count). The van der Waals surface area contributed by atoms with Gasteiger partial charge >= 0.3 is 0 Å². The van der Waals surface area contributed by atoms with Gasteiger partial charge in [-0.05, 0) is 19.3 Å². The number of imidazole rings is 1. The molecule has 1 aliphatic rings. The predicted molar refractivity (Wildman–Crippen MR) is 72.9 cm³/mol. The Bertz CT molecular complexity index is 563. The van der Waals surface area contributed by atoms with Crippen LogP contribution in [0.15, 0.2) is 0 Å². The molecular weight excluding hydrogens is 248 g/mol. The van der Waals surface area contributed by atoms with Crippen molar-refractivity contribution >= 4 is 22.8 Å². The minimum atomic E-state index is 0.480. The average molecular weight is 267 g/mol. The summed E-state index contributed by atoms with van der Waals surface area (Å²) in [4.78, 5) is 4.72. The van der Waals surface area contributed by atoms with Crippen LogP contribution >= 0.6 is 11.6 Å². The van der Waals surface area contributed by atoms with Crippen LogP contribution in [0, 0.1) is 0 Å². The molecule has 18 heavy (non-hydrogen) atoms. The van der Waals surface area contributed by atoms with Crippen molar-refractivity contribution in [2.24, 2.45) is 7.05 Å². The third kappa shape index (κ3) is 1.66. The van der Waals surface area contributed by atoms with Crippen molar-refractivity contribution in [2.75, 3.05) is 0 Å². The van der Waals surface area contributed by atoms with E-state index in [9.17, 15) is 0 Å². The third-order valence-electron chi connectivity index (χ3n) is 3.95. The minimum Gasteiger partial charge on any atom is -0.309 e. The lowest BCUT2D eigenvalue weighted by atomic mass is 10.2. The van der Waals surface area contributed by atoms with E-state index in [1.54, 1.807) is 0 Å². The summed E-state index contributed by atoms with van der Waals surface area (Å²) < 4.78 is 4.30. The summed E-state index contributed by atoms with van der Waals surface area (Å²) >= 11 is 6.07. The summed E-state index contributed by atoms with van der Waals surface area (Å²) in [7, 11) is 2.01. The lowest BCUT2D eigenvalue weighted by molar-refractivity contribution is 0.506. The molecule has 1 aliphatic carbocycles. The Labute approximate surface area is 112 Å². The van der Waals surface area contributed by atoms with Crippen molar-refractivity contribution in [2.45, 2.75) is 50.9 Å². The molecule has 0 aromatic carbocycles. The molecule has 0 N–H and O–H groups in total. The second kappa shape index (κ2) is 4.57. The highest BCUT2D eigenvalue weighted by atomic mass is 35.5. The fraction of sp³-hybridized carbons (Fsp3) is 0.692. The Hall–Kier alpha value is -1.03. The number of fused-ring (bicyclic) bond motifs is 1. The number of halogens is 1. The highest BCUT2D eigenvalue weighted by molar-refractivity contribution is 6.16. The zero-order chi connectivity index (χ0) is 12.7. The first kappa shape index (κ1) is 12.0. The van der Waals surface area contributed by atoms with Crippen LogP contribution in [0.5, 0.6) is 0 Å². The number of aromatic nitrogens is 4. The Morgan fingerprint density at radius 1 is 1.33 bits per heavy atom. The first-order valence-corrected chi connectivity index (χ1v) is 7.28. The molecule has 0 radical (unpaired) electrons. The van der Waals surface area contributed by atoms with Crippen LogP contribution in [0.25, 0.3) is 11.2 Å². The Morgan fingerprint density at radius 3 is 2.67 bits per heavy atom. The monoisotopic (exact) mass is 266 g/mol. The highest BCUT2D eigenvalue weighted by Crippen LogP contribution is 2.34. The van der Waals surface area contributed by atoms with Gasteiger partial charge in [0.1, 0.15) is 11.3 Å². The normalized spacial score (nSPS) is 17.1. The topological polar surface area (TPSA) is 35.6 Å². The van der Waals surface area contributed by atoms with Crippen molar-refractivity contribution in [1.82, 2.24) is 19.3 Å². The summed E-state index contributed by atoms with van der Waals surface area (Å²) in [6.45, 7) is 2.12. The molecule has 2 aromatic rings. The van der Waals surface area contributed by atoms with E-state index in [-0.39, 0.29) is 0 Å². The quantitative estimate of drug-likeness (QED) is 0.800. The average Bonchev–Trinajstić information content (AvgIpc) is 3.05. The van der Waals surface area contributed by atoms with E-state index >= 15 is 0 Å². The number of aryl methyl sites for hydroxylation is 2. The van der Waals surface area contributed by atoms with E-state index < -0.39 is 0 Å². The number of hydrogen-bond donors (Lipinski definition) is 0. The minimum absolute atomic E-state index is 0.480. The Balaban J connectivity index is 2.23. The molecule has 0 saturated heterocycles. The van der Waals surface area contributed by atoms with Crippen molar-refractivity contribution < 1.29 is 0 Å². The molecule has 0 unspecified atom stereocenters. The zero-order valence-corrected chi connectivity index (χ0v) is 11.7. The van der Waals surface area contributed by atoms with Crippen molar-refractivity contribution in [3.8, 4) is 0 Å². The van der Waals surface area contributed by atoms with Gasteiger partial charge in [-0.15, -0.1) is 11.6 Å². The van der Waals surface area contributed by atoms with Gasteiger partial charge in [0.25, 0.3) is 0 Å². The smallest absolute Gasteiger partial charge is 0.158 e. The number of rotatable bonds is 3. The first-order valence-electron chi connectivity index (χ1n) is 6.75. The standard InChI is InChI=1S/C13H19ClN4/c1-3-10-12-13(17(2)16-10)18(11(8-14)15-12)9-6-4-5-7-9/h9H,3-8H2,1-2H3. The van der Waals surface area contributed by atoms with E-state index in [4.69, 9.17) is 16.6 Å². The van der Waals surface area contributed by atoms with Crippen LogP contribution in [-0.2, 0) is 19.3 Å². The van der Waals surface area contributed by atoms with Crippen molar-refractivity contribution in [3.05, 3.63) is 11.5 Å². The van der Waals surface area contributed by atoms with Gasteiger partial charge < -0.3 is 4.57 Å². The molecule has 2 heterocycles. The van der Waals surface area contributed by atoms with Gasteiger partial charge in [-0.3, -0.25) is 4.68 Å². The van der Waals surface area contributed by atoms with Crippen LogP contribution in [-0.4, -0.2) is 19.3 Å². The molecular formula is C13H19ClN4.